The third-order valence-corrected chi connectivity index (χ3v) is 3.20. The normalized spacial score (nSPS) is 11.3. The van der Waals surface area contributed by atoms with E-state index in [1.807, 2.05) is 0 Å². The Balaban J connectivity index is 3.21. The van der Waals surface area contributed by atoms with Gasteiger partial charge in [0.05, 0.1) is 0 Å². The van der Waals surface area contributed by atoms with E-state index in [-0.39, 0.29) is 0 Å². The summed E-state index contributed by atoms with van der Waals surface area (Å²) in [6.07, 6.45) is 0. The molecule has 0 spiro atoms. The van der Waals surface area contributed by atoms with Gasteiger partial charge in [-0.2, -0.15) is 0 Å². The van der Waals surface area contributed by atoms with Gasteiger partial charge < -0.3 is 0 Å². The van der Waals surface area contributed by atoms with Gasteiger partial charge in [-0.05, 0) is 42.8 Å². The summed E-state index contributed by atoms with van der Waals surface area (Å²) >= 11 is 5.75. The fourth-order valence-electron chi connectivity index (χ4n) is 1.09. The fraction of sp³-hybridized carbons (Fsp3) is 0.333. The van der Waals surface area contributed by atoms with Crippen LogP contribution in [0.4, 0.5) is 0 Å². The largest absolute Gasteiger partial charge is 0.0948 e. The summed E-state index contributed by atoms with van der Waals surface area (Å²) < 4.78 is 0. The highest BCUT2D eigenvalue weighted by molar-refractivity contribution is 7.74. The number of hydrogen-bond donors (Lipinski definition) is 0. The maximum Gasteiger partial charge on any atom is 0.00661 e. The van der Waals surface area contributed by atoms with Gasteiger partial charge in [0.1, 0.15) is 0 Å². The van der Waals surface area contributed by atoms with Gasteiger partial charge in [-0.3, -0.25) is 0 Å². The molecule has 0 N–H and O–H groups in total. The zero-order valence-corrected chi connectivity index (χ0v) is 8.79. The molecule has 0 bridgehead atoms. The molecule has 1 atom stereocenters. The third-order valence-electron chi connectivity index (χ3n) is 2.04. The molecule has 60 valence electrons. The van der Waals surface area contributed by atoms with Gasteiger partial charge in [-0.1, -0.05) is 23.4 Å². The van der Waals surface area contributed by atoms with Gasteiger partial charge in [0.25, 0.3) is 0 Å². The minimum Gasteiger partial charge on any atom is -0.0948 e. The molecule has 0 heterocycles. The van der Waals surface area contributed by atoms with Crippen LogP contribution in [0.2, 0.25) is 0 Å². The summed E-state index contributed by atoms with van der Waals surface area (Å²) in [6.45, 7) is 6.40. The summed E-state index contributed by atoms with van der Waals surface area (Å²) in [7, 11) is 0.391. The van der Waals surface area contributed by atoms with E-state index in [4.69, 9.17) is 11.2 Å². The van der Waals surface area contributed by atoms with Crippen molar-refractivity contribution in [1.82, 2.24) is 0 Å². The molecule has 1 rings (SSSR count). The highest BCUT2D eigenvalue weighted by atomic mass is 35.7. The van der Waals surface area contributed by atoms with Crippen molar-refractivity contribution in [2.24, 2.45) is 0 Å². The van der Waals surface area contributed by atoms with Crippen LogP contribution in [0.3, 0.4) is 0 Å². The van der Waals surface area contributed by atoms with Gasteiger partial charge in [0.2, 0.25) is 0 Å². The van der Waals surface area contributed by atoms with Gasteiger partial charge in [-0.15, -0.1) is 0 Å². The number of hydrogen-bond acceptors (Lipinski definition) is 0. The fourth-order valence-corrected chi connectivity index (χ4v) is 1.96. The second-order valence-electron chi connectivity index (χ2n) is 2.83. The summed E-state index contributed by atoms with van der Waals surface area (Å²) in [6, 6.07) is 4.32. The standard InChI is InChI=1S/C9H12ClP/c1-6-4-9(11-10)5-7(2)8(6)3/h4-5,11H,1-3H3. The van der Waals surface area contributed by atoms with Crippen molar-refractivity contribution in [1.29, 1.82) is 0 Å². The average Bonchev–Trinajstić information content (AvgIpc) is 1.99. The van der Waals surface area contributed by atoms with E-state index in [0.29, 0.717) is 7.93 Å². The molecule has 0 amide bonds. The summed E-state index contributed by atoms with van der Waals surface area (Å²) in [5.74, 6) is 0. The topological polar surface area (TPSA) is 0 Å². The van der Waals surface area contributed by atoms with Gasteiger partial charge in [0, 0.05) is 7.93 Å². The zero-order valence-electron chi connectivity index (χ0n) is 7.03. The molecule has 0 saturated heterocycles. The van der Waals surface area contributed by atoms with Crippen molar-refractivity contribution in [3.8, 4) is 0 Å². The molecule has 0 saturated carbocycles. The smallest absolute Gasteiger partial charge is 0.00661 e. The Morgan fingerprint density at radius 2 is 1.55 bits per heavy atom. The second kappa shape index (κ2) is 3.56. The zero-order chi connectivity index (χ0) is 8.43. The number of rotatable bonds is 1. The molecule has 0 nitrogen and oxygen atoms in total. The second-order valence-corrected chi connectivity index (χ2v) is 4.16. The van der Waals surface area contributed by atoms with Crippen molar-refractivity contribution in [3.05, 3.63) is 28.8 Å². The molecule has 1 unspecified atom stereocenters. The van der Waals surface area contributed by atoms with Crippen molar-refractivity contribution in [2.75, 3.05) is 0 Å². The predicted molar refractivity (Wildman–Crippen MR) is 54.5 cm³/mol. The van der Waals surface area contributed by atoms with Crippen LogP contribution in [0.25, 0.3) is 0 Å². The molecule has 0 aliphatic heterocycles. The van der Waals surface area contributed by atoms with Gasteiger partial charge in [-0.25, -0.2) is 0 Å². The quantitative estimate of drug-likeness (QED) is 0.592. The Bertz CT molecular complexity index is 245. The summed E-state index contributed by atoms with van der Waals surface area (Å²) in [5, 5.41) is 1.24. The Morgan fingerprint density at radius 3 is 1.91 bits per heavy atom. The first-order chi connectivity index (χ1) is 5.15. The maximum atomic E-state index is 5.75. The highest BCUT2D eigenvalue weighted by Gasteiger charge is 1.98. The molecule has 2 heteroatoms. The van der Waals surface area contributed by atoms with Crippen LogP contribution in [-0.4, -0.2) is 0 Å². The Morgan fingerprint density at radius 1 is 1.09 bits per heavy atom. The monoisotopic (exact) mass is 186 g/mol. The van der Waals surface area contributed by atoms with Gasteiger partial charge in [0.15, 0.2) is 0 Å². The lowest BCUT2D eigenvalue weighted by atomic mass is 10.1. The van der Waals surface area contributed by atoms with Crippen LogP contribution in [0.15, 0.2) is 12.1 Å². The van der Waals surface area contributed by atoms with Crippen LogP contribution in [0.5, 0.6) is 0 Å². The molecule has 0 aliphatic carbocycles. The SMILES string of the molecule is Cc1cc(PCl)cc(C)c1C. The summed E-state index contributed by atoms with van der Waals surface area (Å²) in [4.78, 5) is 0. The molecule has 11 heavy (non-hydrogen) atoms. The number of halogens is 1. The van der Waals surface area contributed by atoms with E-state index in [9.17, 15) is 0 Å². The first-order valence-corrected chi connectivity index (χ1v) is 5.61. The first kappa shape index (κ1) is 9.03. The van der Waals surface area contributed by atoms with E-state index in [1.165, 1.54) is 22.0 Å². The average molecular weight is 187 g/mol. The molecular weight excluding hydrogens is 175 g/mol. The first-order valence-electron chi connectivity index (χ1n) is 3.59. The lowest BCUT2D eigenvalue weighted by molar-refractivity contribution is 1.28. The van der Waals surface area contributed by atoms with Crippen molar-refractivity contribution < 1.29 is 0 Å². The maximum absolute atomic E-state index is 5.75. The van der Waals surface area contributed by atoms with Crippen molar-refractivity contribution in [3.63, 3.8) is 0 Å². The van der Waals surface area contributed by atoms with Crippen LogP contribution >= 0.6 is 19.2 Å². The number of aryl methyl sites for hydroxylation is 2. The van der Waals surface area contributed by atoms with E-state index in [2.05, 4.69) is 32.9 Å². The lowest BCUT2D eigenvalue weighted by Gasteiger charge is -2.05. The Labute approximate surface area is 74.5 Å². The molecule has 1 aromatic carbocycles. The van der Waals surface area contributed by atoms with E-state index >= 15 is 0 Å². The molecule has 0 aliphatic rings. The Kier molecular flexibility index (Phi) is 2.92. The van der Waals surface area contributed by atoms with Crippen LogP contribution in [-0.2, 0) is 0 Å². The molecule has 0 aromatic heterocycles. The predicted octanol–water partition coefficient (Wildman–Crippen LogP) is 3.07. The molecular formula is C9H12ClP. The molecule has 1 aromatic rings. The van der Waals surface area contributed by atoms with Crippen LogP contribution in [0.1, 0.15) is 16.7 Å². The minimum absolute atomic E-state index is 0.391. The van der Waals surface area contributed by atoms with Crippen LogP contribution in [0, 0.1) is 20.8 Å². The molecule has 0 fully saturated rings. The van der Waals surface area contributed by atoms with E-state index in [1.54, 1.807) is 0 Å². The Hall–Kier alpha value is -0.0600. The van der Waals surface area contributed by atoms with Gasteiger partial charge >= 0.3 is 0 Å². The summed E-state index contributed by atoms with van der Waals surface area (Å²) in [5.41, 5.74) is 4.06. The highest BCUT2D eigenvalue weighted by Crippen LogP contribution is 2.19. The van der Waals surface area contributed by atoms with Crippen molar-refractivity contribution in [2.45, 2.75) is 20.8 Å². The van der Waals surface area contributed by atoms with Crippen molar-refractivity contribution >= 4 is 24.5 Å². The van der Waals surface area contributed by atoms with E-state index in [0.717, 1.165) is 0 Å². The number of benzene rings is 1. The van der Waals surface area contributed by atoms with E-state index < -0.39 is 0 Å². The van der Waals surface area contributed by atoms with Crippen LogP contribution < -0.4 is 5.30 Å². The molecule has 0 radical (unpaired) electrons. The third kappa shape index (κ3) is 1.95. The minimum atomic E-state index is 0.391. The lowest BCUT2D eigenvalue weighted by Crippen LogP contribution is -1.97.